The summed E-state index contributed by atoms with van der Waals surface area (Å²) in [6.07, 6.45) is 1.40. The van der Waals surface area contributed by atoms with Crippen LogP contribution in [0.15, 0.2) is 24.3 Å². The fourth-order valence-electron chi connectivity index (χ4n) is 3.48. The maximum absolute atomic E-state index is 12.2. The smallest absolute Gasteiger partial charge is 0.313 e. The van der Waals surface area contributed by atoms with Crippen LogP contribution in [0.2, 0.25) is 0 Å². The third kappa shape index (κ3) is 4.59. The van der Waals surface area contributed by atoms with E-state index in [1.54, 1.807) is 24.3 Å². The number of likely N-dealkylation sites (tertiary alicyclic amines) is 1. The average Bonchev–Trinajstić information content (AvgIpc) is 3.21. The molecule has 3 rings (SSSR count). The Kier molecular flexibility index (Phi) is 5.71. The lowest BCUT2D eigenvalue weighted by molar-refractivity contribution is -0.136. The van der Waals surface area contributed by atoms with Crippen molar-refractivity contribution < 1.29 is 18.0 Å². The Hall–Kier alpha value is -2.13. The van der Waals surface area contributed by atoms with E-state index >= 15 is 0 Å². The van der Waals surface area contributed by atoms with Crippen molar-refractivity contribution in [2.75, 3.05) is 35.0 Å². The van der Waals surface area contributed by atoms with E-state index < -0.39 is 21.8 Å². The van der Waals surface area contributed by atoms with E-state index in [0.717, 1.165) is 19.5 Å². The normalized spacial score (nSPS) is 22.2. The Labute approximate surface area is 160 Å². The van der Waals surface area contributed by atoms with Crippen molar-refractivity contribution in [2.24, 2.45) is 0 Å². The second-order valence-electron chi connectivity index (χ2n) is 7.29. The molecule has 0 saturated carbocycles. The molecule has 2 amide bonds. The lowest BCUT2D eigenvalue weighted by Gasteiger charge is -2.20. The Balaban J connectivity index is 1.59. The van der Waals surface area contributed by atoms with Gasteiger partial charge in [0.1, 0.15) is 0 Å². The molecule has 1 aromatic carbocycles. The van der Waals surface area contributed by atoms with Crippen molar-refractivity contribution in [2.45, 2.75) is 38.8 Å². The van der Waals surface area contributed by atoms with E-state index in [1.807, 2.05) is 0 Å². The highest BCUT2D eigenvalue weighted by Gasteiger charge is 2.29. The average molecular weight is 394 g/mol. The minimum absolute atomic E-state index is 0.0354. The van der Waals surface area contributed by atoms with Gasteiger partial charge in [-0.05, 0) is 44.9 Å². The maximum Gasteiger partial charge on any atom is 0.313 e. The summed E-state index contributed by atoms with van der Waals surface area (Å²) in [5.74, 6) is -1.30. The molecule has 2 aliphatic rings. The molecule has 0 radical (unpaired) electrons. The highest BCUT2D eigenvalue weighted by molar-refractivity contribution is 7.93. The number of sulfonamides is 1. The van der Waals surface area contributed by atoms with Gasteiger partial charge in [-0.15, -0.1) is 0 Å². The fraction of sp³-hybridized carbons (Fsp3) is 0.556. The Morgan fingerprint density at radius 1 is 1.19 bits per heavy atom. The van der Waals surface area contributed by atoms with Gasteiger partial charge in [-0.25, -0.2) is 8.42 Å². The van der Waals surface area contributed by atoms with Crippen LogP contribution in [0.5, 0.6) is 0 Å². The first-order chi connectivity index (χ1) is 12.8. The predicted octanol–water partition coefficient (Wildman–Crippen LogP) is 0.764. The summed E-state index contributed by atoms with van der Waals surface area (Å²) in [7, 11) is -3.29. The van der Waals surface area contributed by atoms with Gasteiger partial charge in [0.25, 0.3) is 0 Å². The van der Waals surface area contributed by atoms with E-state index in [9.17, 15) is 18.0 Å². The van der Waals surface area contributed by atoms with E-state index in [0.29, 0.717) is 30.4 Å². The highest BCUT2D eigenvalue weighted by atomic mass is 32.2. The van der Waals surface area contributed by atoms with E-state index in [4.69, 9.17) is 0 Å². The molecule has 2 saturated heterocycles. The third-order valence-corrected chi connectivity index (χ3v) is 6.85. The number of hydrogen-bond acceptors (Lipinski definition) is 5. The van der Waals surface area contributed by atoms with E-state index in [-0.39, 0.29) is 11.8 Å². The summed E-state index contributed by atoms with van der Waals surface area (Å²) in [6, 6.07) is 6.92. The largest absolute Gasteiger partial charge is 0.344 e. The predicted molar refractivity (Wildman–Crippen MR) is 104 cm³/mol. The number of nitrogens with one attached hydrogen (secondary N) is 2. The van der Waals surface area contributed by atoms with E-state index in [1.165, 1.54) is 4.31 Å². The molecule has 2 fully saturated rings. The number of hydrogen-bond donors (Lipinski definition) is 2. The van der Waals surface area contributed by atoms with Gasteiger partial charge in [0.15, 0.2) is 0 Å². The highest BCUT2D eigenvalue weighted by Crippen LogP contribution is 2.26. The van der Waals surface area contributed by atoms with Gasteiger partial charge in [0.05, 0.1) is 11.4 Å². The number of nitrogens with zero attached hydrogens (tertiary/aromatic N) is 2. The zero-order chi connectivity index (χ0) is 19.6. The van der Waals surface area contributed by atoms with Gasteiger partial charge in [0.2, 0.25) is 10.0 Å². The zero-order valence-corrected chi connectivity index (χ0v) is 16.5. The van der Waals surface area contributed by atoms with Gasteiger partial charge in [-0.3, -0.25) is 18.8 Å². The number of anilines is 2. The molecular formula is C18H26N4O4S. The molecule has 148 valence electrons. The third-order valence-electron chi connectivity index (χ3n) is 4.98. The van der Waals surface area contributed by atoms with Gasteiger partial charge in [-0.2, -0.15) is 0 Å². The first kappa shape index (κ1) is 19.6. The molecule has 1 unspecified atom stereocenters. The van der Waals surface area contributed by atoms with Crippen LogP contribution in [0, 0.1) is 0 Å². The first-order valence-corrected chi connectivity index (χ1v) is 10.8. The zero-order valence-electron chi connectivity index (χ0n) is 15.6. The summed E-state index contributed by atoms with van der Waals surface area (Å²) in [6.45, 7) is 6.26. The molecule has 1 aromatic rings. The summed E-state index contributed by atoms with van der Waals surface area (Å²) < 4.78 is 25.4. The van der Waals surface area contributed by atoms with Crippen LogP contribution in [0.4, 0.5) is 11.4 Å². The number of benzene rings is 1. The minimum atomic E-state index is -3.29. The molecule has 27 heavy (non-hydrogen) atoms. The van der Waals surface area contributed by atoms with Crippen LogP contribution in [0.3, 0.4) is 0 Å². The number of rotatable bonds is 4. The van der Waals surface area contributed by atoms with Crippen LogP contribution in [-0.2, 0) is 19.6 Å². The summed E-state index contributed by atoms with van der Waals surface area (Å²) in [4.78, 5) is 26.6. The summed E-state index contributed by atoms with van der Waals surface area (Å²) >= 11 is 0. The van der Waals surface area contributed by atoms with Crippen molar-refractivity contribution in [1.82, 2.24) is 10.2 Å². The number of carbonyl (C=O) groups is 2. The molecule has 2 aliphatic heterocycles. The number of amides is 2. The van der Waals surface area contributed by atoms with Crippen LogP contribution in [0.25, 0.3) is 0 Å². The lowest BCUT2D eigenvalue weighted by Crippen LogP contribution is -2.43. The molecule has 2 heterocycles. The topological polar surface area (TPSA) is 98.8 Å². The quantitative estimate of drug-likeness (QED) is 0.735. The van der Waals surface area contributed by atoms with Crippen molar-refractivity contribution in [3.63, 3.8) is 0 Å². The molecule has 0 bridgehead atoms. The van der Waals surface area contributed by atoms with E-state index in [2.05, 4.69) is 29.4 Å². The van der Waals surface area contributed by atoms with Crippen LogP contribution in [-0.4, -0.2) is 62.6 Å². The Bertz CT molecular complexity index is 824. The molecule has 1 atom stereocenters. The first-order valence-electron chi connectivity index (χ1n) is 9.22. The standard InChI is InChI=1S/C18H26N4O4S/c1-13(2)21-9-7-15(12-21)20-18(24)17(23)19-14-5-3-6-16(11-14)22-8-4-10-27(22,25)26/h3,5-6,11,13,15H,4,7-10,12H2,1-2H3,(H,19,23)(H,20,24). The molecular weight excluding hydrogens is 368 g/mol. The van der Waals surface area contributed by atoms with Crippen molar-refractivity contribution in [3.8, 4) is 0 Å². The van der Waals surface area contributed by atoms with Gasteiger partial charge in [0, 0.05) is 37.4 Å². The van der Waals surface area contributed by atoms with Crippen LogP contribution >= 0.6 is 0 Å². The fourth-order valence-corrected chi connectivity index (χ4v) is 5.04. The van der Waals surface area contributed by atoms with Crippen molar-refractivity contribution >= 4 is 33.2 Å². The molecule has 9 heteroatoms. The summed E-state index contributed by atoms with van der Waals surface area (Å²) in [5.41, 5.74) is 0.888. The summed E-state index contributed by atoms with van der Waals surface area (Å²) in [5, 5.41) is 5.32. The minimum Gasteiger partial charge on any atom is -0.344 e. The monoisotopic (exact) mass is 394 g/mol. The molecule has 8 nitrogen and oxygen atoms in total. The van der Waals surface area contributed by atoms with Crippen molar-refractivity contribution in [1.29, 1.82) is 0 Å². The molecule has 0 aliphatic carbocycles. The second-order valence-corrected chi connectivity index (χ2v) is 9.31. The number of carbonyl (C=O) groups excluding carboxylic acids is 2. The molecule has 0 aromatic heterocycles. The van der Waals surface area contributed by atoms with Crippen molar-refractivity contribution in [3.05, 3.63) is 24.3 Å². The lowest BCUT2D eigenvalue weighted by atomic mass is 10.2. The maximum atomic E-state index is 12.2. The molecule has 2 N–H and O–H groups in total. The second kappa shape index (κ2) is 7.85. The van der Waals surface area contributed by atoms with Gasteiger partial charge in [-0.1, -0.05) is 6.07 Å². The Morgan fingerprint density at radius 3 is 2.59 bits per heavy atom. The van der Waals surface area contributed by atoms with Gasteiger partial charge < -0.3 is 10.6 Å². The van der Waals surface area contributed by atoms with Crippen LogP contribution in [0.1, 0.15) is 26.7 Å². The SMILES string of the molecule is CC(C)N1CCC(NC(=O)C(=O)Nc2cccc(N3CCCS3(=O)=O)c2)C1. The van der Waals surface area contributed by atoms with Gasteiger partial charge >= 0.3 is 11.8 Å². The molecule has 0 spiro atoms. The van der Waals surface area contributed by atoms with Crippen LogP contribution < -0.4 is 14.9 Å². The Morgan fingerprint density at radius 2 is 1.96 bits per heavy atom.